The number of hydrogen-bond acceptors (Lipinski definition) is 2. The van der Waals surface area contributed by atoms with Crippen LogP contribution in [0, 0.1) is 11.8 Å². The topological polar surface area (TPSA) is 23.6 Å². The molecule has 2 saturated heterocycles. The standard InChI is InChI=1S/C19H21NO.C18H21N.C2H6/c1-15-12-13-20(14-15)19(21)18(16-8-4-2-5-9-16)17-10-6-3-7-11-17;1-15-12-13-19(14-15)18(16-8-4-2-5-9-16)17-10-6-3-7-11-17;1-2/h2-11,15,18H,12-14H2,1H3;2-11,15,18H,12-14H2,1H3;1-2H3. The molecule has 0 aromatic heterocycles. The number of amides is 1. The Hall–Kier alpha value is -3.69. The van der Waals surface area contributed by atoms with Crippen LogP contribution in [0.15, 0.2) is 121 Å². The van der Waals surface area contributed by atoms with E-state index in [-0.39, 0.29) is 11.8 Å². The second-order valence-corrected chi connectivity index (χ2v) is 11.5. The number of carbonyl (C=O) groups is 1. The van der Waals surface area contributed by atoms with Gasteiger partial charge in [0, 0.05) is 19.6 Å². The SMILES string of the molecule is CC.CC1CCN(C(=O)C(c2ccccc2)c2ccccc2)C1.CC1CCN(C(c2ccccc2)c2ccccc2)C1. The first-order chi connectivity index (χ1) is 20.6. The Labute approximate surface area is 254 Å². The lowest BCUT2D eigenvalue weighted by atomic mass is 9.90. The van der Waals surface area contributed by atoms with Crippen LogP contribution in [-0.2, 0) is 4.79 Å². The maximum atomic E-state index is 13.0. The van der Waals surface area contributed by atoms with Crippen molar-refractivity contribution in [3.05, 3.63) is 144 Å². The zero-order chi connectivity index (χ0) is 29.7. The summed E-state index contributed by atoms with van der Waals surface area (Å²) < 4.78 is 0. The fourth-order valence-corrected chi connectivity index (χ4v) is 6.17. The third-order valence-electron chi connectivity index (χ3n) is 8.30. The van der Waals surface area contributed by atoms with Crippen LogP contribution in [0.3, 0.4) is 0 Å². The fourth-order valence-electron chi connectivity index (χ4n) is 6.17. The van der Waals surface area contributed by atoms with E-state index in [0.717, 1.165) is 36.6 Å². The molecule has 42 heavy (non-hydrogen) atoms. The summed E-state index contributed by atoms with van der Waals surface area (Å²) in [6.45, 7) is 12.7. The predicted octanol–water partition coefficient (Wildman–Crippen LogP) is 8.83. The third-order valence-corrected chi connectivity index (χ3v) is 8.30. The van der Waals surface area contributed by atoms with Gasteiger partial charge in [0.25, 0.3) is 0 Å². The van der Waals surface area contributed by atoms with E-state index in [9.17, 15) is 4.79 Å². The normalized spacial score (nSPS) is 18.3. The first-order valence-corrected chi connectivity index (χ1v) is 15.8. The number of hydrogen-bond donors (Lipinski definition) is 0. The molecule has 4 aromatic rings. The van der Waals surface area contributed by atoms with Crippen molar-refractivity contribution in [3.63, 3.8) is 0 Å². The minimum atomic E-state index is -0.183. The molecule has 1 amide bonds. The van der Waals surface area contributed by atoms with Crippen molar-refractivity contribution >= 4 is 5.91 Å². The van der Waals surface area contributed by atoms with E-state index in [2.05, 4.69) is 104 Å². The minimum absolute atomic E-state index is 0.183. The predicted molar refractivity (Wildman–Crippen MR) is 177 cm³/mol. The molecular formula is C39H48N2O. The number of nitrogens with zero attached hydrogens (tertiary/aromatic N) is 2. The maximum absolute atomic E-state index is 13.0. The van der Waals surface area contributed by atoms with Crippen LogP contribution in [0.25, 0.3) is 0 Å². The van der Waals surface area contributed by atoms with Gasteiger partial charge in [0.15, 0.2) is 0 Å². The highest BCUT2D eigenvalue weighted by Crippen LogP contribution is 2.33. The Bertz CT molecular complexity index is 1230. The smallest absolute Gasteiger partial charge is 0.234 e. The highest BCUT2D eigenvalue weighted by molar-refractivity contribution is 5.87. The van der Waals surface area contributed by atoms with Gasteiger partial charge in [-0.1, -0.05) is 149 Å². The zero-order valence-corrected chi connectivity index (χ0v) is 25.9. The van der Waals surface area contributed by atoms with Crippen molar-refractivity contribution in [2.24, 2.45) is 11.8 Å². The molecule has 2 aliphatic heterocycles. The van der Waals surface area contributed by atoms with Crippen molar-refractivity contribution in [1.29, 1.82) is 0 Å². The van der Waals surface area contributed by atoms with E-state index in [4.69, 9.17) is 0 Å². The molecule has 3 nitrogen and oxygen atoms in total. The van der Waals surface area contributed by atoms with E-state index >= 15 is 0 Å². The largest absolute Gasteiger partial charge is 0.342 e. The van der Waals surface area contributed by atoms with Gasteiger partial charge in [0.05, 0.1) is 12.0 Å². The van der Waals surface area contributed by atoms with Gasteiger partial charge < -0.3 is 4.90 Å². The average molecular weight is 561 g/mol. The second kappa shape index (κ2) is 16.1. The van der Waals surface area contributed by atoms with E-state index in [1.165, 1.54) is 30.6 Å². The quantitative estimate of drug-likeness (QED) is 0.235. The van der Waals surface area contributed by atoms with Crippen LogP contribution >= 0.6 is 0 Å². The van der Waals surface area contributed by atoms with E-state index in [1.807, 2.05) is 55.1 Å². The summed E-state index contributed by atoms with van der Waals surface area (Å²) in [6.07, 6.45) is 2.43. The summed E-state index contributed by atoms with van der Waals surface area (Å²) in [4.78, 5) is 17.7. The lowest BCUT2D eigenvalue weighted by molar-refractivity contribution is -0.130. The van der Waals surface area contributed by atoms with Crippen LogP contribution in [0.2, 0.25) is 0 Å². The summed E-state index contributed by atoms with van der Waals surface area (Å²) in [5, 5.41) is 0. The first-order valence-electron chi connectivity index (χ1n) is 15.8. The summed E-state index contributed by atoms with van der Waals surface area (Å²) >= 11 is 0. The molecule has 0 N–H and O–H groups in total. The Balaban J connectivity index is 0.000000183. The molecule has 0 spiro atoms. The van der Waals surface area contributed by atoms with Crippen LogP contribution in [-0.4, -0.2) is 41.9 Å². The van der Waals surface area contributed by atoms with Gasteiger partial charge in [-0.15, -0.1) is 0 Å². The summed E-state index contributed by atoms with van der Waals surface area (Å²) in [6, 6.07) is 42.4. The number of benzene rings is 4. The van der Waals surface area contributed by atoms with Crippen molar-refractivity contribution in [1.82, 2.24) is 9.80 Å². The van der Waals surface area contributed by atoms with Crippen molar-refractivity contribution in [3.8, 4) is 0 Å². The van der Waals surface area contributed by atoms with Crippen molar-refractivity contribution < 1.29 is 4.79 Å². The van der Waals surface area contributed by atoms with Crippen molar-refractivity contribution in [2.75, 3.05) is 26.2 Å². The fraction of sp³-hybridized carbons (Fsp3) is 0.359. The Morgan fingerprint density at radius 1 is 0.571 bits per heavy atom. The zero-order valence-electron chi connectivity index (χ0n) is 25.9. The molecule has 0 radical (unpaired) electrons. The average Bonchev–Trinajstić information content (AvgIpc) is 3.69. The molecule has 6 rings (SSSR count). The van der Waals surface area contributed by atoms with E-state index in [0.29, 0.717) is 12.0 Å². The Morgan fingerprint density at radius 3 is 1.31 bits per heavy atom. The van der Waals surface area contributed by atoms with Crippen molar-refractivity contribution in [2.45, 2.75) is 52.5 Å². The second-order valence-electron chi connectivity index (χ2n) is 11.5. The Kier molecular flexibility index (Phi) is 12.0. The van der Waals surface area contributed by atoms with E-state index in [1.54, 1.807) is 0 Å². The maximum Gasteiger partial charge on any atom is 0.234 e. The molecule has 2 aliphatic rings. The van der Waals surface area contributed by atoms with Gasteiger partial charge in [0.2, 0.25) is 5.91 Å². The molecule has 0 saturated carbocycles. The molecule has 2 unspecified atom stereocenters. The monoisotopic (exact) mass is 560 g/mol. The highest BCUT2D eigenvalue weighted by atomic mass is 16.2. The Morgan fingerprint density at radius 2 is 0.952 bits per heavy atom. The molecule has 2 fully saturated rings. The minimum Gasteiger partial charge on any atom is -0.342 e. The highest BCUT2D eigenvalue weighted by Gasteiger charge is 2.31. The summed E-state index contributed by atoms with van der Waals surface area (Å²) in [7, 11) is 0. The lowest BCUT2D eigenvalue weighted by Gasteiger charge is -2.28. The number of carbonyl (C=O) groups excluding carboxylic acids is 1. The van der Waals surface area contributed by atoms with Gasteiger partial charge >= 0.3 is 0 Å². The lowest BCUT2D eigenvalue weighted by Crippen LogP contribution is -2.33. The molecule has 4 aromatic carbocycles. The molecule has 2 atom stereocenters. The molecule has 0 aliphatic carbocycles. The molecular weight excluding hydrogens is 512 g/mol. The summed E-state index contributed by atoms with van der Waals surface area (Å²) in [5.74, 6) is 1.48. The van der Waals surface area contributed by atoms with Gasteiger partial charge in [-0.05, 0) is 53.5 Å². The van der Waals surface area contributed by atoms with Crippen LogP contribution in [0.1, 0.15) is 74.8 Å². The van der Waals surface area contributed by atoms with Gasteiger partial charge in [0.1, 0.15) is 0 Å². The number of likely N-dealkylation sites (tertiary alicyclic amines) is 2. The van der Waals surface area contributed by atoms with Crippen LogP contribution in [0.5, 0.6) is 0 Å². The summed E-state index contributed by atoms with van der Waals surface area (Å²) in [5.41, 5.74) is 4.96. The first kappa shape index (κ1) is 31.3. The molecule has 3 heteroatoms. The third kappa shape index (κ3) is 8.20. The number of rotatable bonds is 6. The molecule has 220 valence electrons. The van der Waals surface area contributed by atoms with Crippen LogP contribution < -0.4 is 0 Å². The van der Waals surface area contributed by atoms with Crippen LogP contribution in [0.4, 0.5) is 0 Å². The van der Waals surface area contributed by atoms with Gasteiger partial charge in [-0.25, -0.2) is 0 Å². The van der Waals surface area contributed by atoms with Gasteiger partial charge in [-0.3, -0.25) is 9.69 Å². The van der Waals surface area contributed by atoms with Gasteiger partial charge in [-0.2, -0.15) is 0 Å². The molecule has 0 bridgehead atoms. The van der Waals surface area contributed by atoms with E-state index < -0.39 is 0 Å². The molecule has 2 heterocycles.